The second-order valence-electron chi connectivity index (χ2n) is 10.9. The molecule has 1 fully saturated rings. The van der Waals surface area contributed by atoms with Crippen molar-refractivity contribution in [1.29, 1.82) is 0 Å². The number of fused-ring (bicyclic) bond motifs is 3. The van der Waals surface area contributed by atoms with Gasteiger partial charge in [-0.2, -0.15) is 0 Å². The van der Waals surface area contributed by atoms with Crippen LogP contribution in [0.3, 0.4) is 0 Å². The quantitative estimate of drug-likeness (QED) is 0.501. The molecule has 5 atom stereocenters. The van der Waals surface area contributed by atoms with E-state index in [9.17, 15) is 9.90 Å². The number of aliphatic hydroxyl groups is 1. The lowest BCUT2D eigenvalue weighted by Crippen LogP contribution is -2.50. The Bertz CT molecular complexity index is 993. The molecule has 5 heteroatoms. The predicted octanol–water partition coefficient (Wildman–Crippen LogP) is 5.20. The lowest BCUT2D eigenvalue weighted by Gasteiger charge is -2.53. The molecule has 2 aromatic rings. The van der Waals surface area contributed by atoms with Crippen molar-refractivity contribution in [2.24, 2.45) is 17.3 Å². The molecule has 1 saturated carbocycles. The van der Waals surface area contributed by atoms with Gasteiger partial charge >= 0.3 is 5.97 Å². The van der Waals surface area contributed by atoms with Gasteiger partial charge in [0.05, 0.1) is 7.11 Å². The maximum atomic E-state index is 12.1. The zero-order valence-electron chi connectivity index (χ0n) is 21.7. The number of carbonyl (C=O) groups is 1. The summed E-state index contributed by atoms with van der Waals surface area (Å²) < 4.78 is 11.1. The molecule has 0 unspecified atom stereocenters. The molecule has 2 aromatic carbocycles. The van der Waals surface area contributed by atoms with Crippen LogP contribution in [0, 0.1) is 17.3 Å². The molecule has 0 bridgehead atoms. The molecule has 0 spiro atoms. The third kappa shape index (κ3) is 5.57. The Morgan fingerprint density at radius 2 is 1.97 bits per heavy atom. The molecule has 0 amide bonds. The minimum absolute atomic E-state index is 0.0527. The van der Waals surface area contributed by atoms with E-state index in [-0.39, 0.29) is 24.0 Å². The van der Waals surface area contributed by atoms with Crippen molar-refractivity contribution in [2.45, 2.75) is 64.5 Å². The van der Waals surface area contributed by atoms with Crippen LogP contribution in [0.25, 0.3) is 0 Å². The Balaban J connectivity index is 1.49. The Labute approximate surface area is 210 Å². The second-order valence-corrected chi connectivity index (χ2v) is 10.9. The minimum Gasteiger partial charge on any atom is -0.489 e. The summed E-state index contributed by atoms with van der Waals surface area (Å²) >= 11 is 0. The molecule has 190 valence electrons. The van der Waals surface area contributed by atoms with Gasteiger partial charge in [-0.05, 0) is 98.1 Å². The van der Waals surface area contributed by atoms with Crippen LogP contribution in [0.5, 0.6) is 5.75 Å². The maximum absolute atomic E-state index is 12.1. The highest BCUT2D eigenvalue weighted by Crippen LogP contribution is 2.56. The molecular formula is C30H41NO4. The van der Waals surface area contributed by atoms with Crippen LogP contribution in [-0.4, -0.2) is 49.3 Å². The summed E-state index contributed by atoms with van der Waals surface area (Å²) in [6.45, 7) is 5.89. The highest BCUT2D eigenvalue weighted by Gasteiger charge is 2.48. The van der Waals surface area contributed by atoms with Crippen molar-refractivity contribution in [1.82, 2.24) is 4.90 Å². The first kappa shape index (κ1) is 25.7. The molecule has 0 radical (unpaired) electrons. The number of likely N-dealkylation sites (N-methyl/N-ethyl adjacent to an activating group) is 1. The zero-order chi connectivity index (χ0) is 25.0. The van der Waals surface area contributed by atoms with Gasteiger partial charge in [0.2, 0.25) is 0 Å². The topological polar surface area (TPSA) is 59.0 Å². The van der Waals surface area contributed by atoms with Crippen molar-refractivity contribution in [3.8, 4) is 5.75 Å². The van der Waals surface area contributed by atoms with E-state index >= 15 is 0 Å². The van der Waals surface area contributed by atoms with Crippen molar-refractivity contribution >= 4 is 5.97 Å². The monoisotopic (exact) mass is 479 g/mol. The molecule has 0 heterocycles. The lowest BCUT2D eigenvalue weighted by atomic mass is 9.53. The number of rotatable bonds is 9. The molecule has 2 aliphatic carbocycles. The number of aliphatic hydroxyl groups excluding tert-OH is 1. The molecule has 2 aliphatic rings. The number of benzene rings is 2. The van der Waals surface area contributed by atoms with Gasteiger partial charge in [0.15, 0.2) is 0 Å². The van der Waals surface area contributed by atoms with E-state index in [0.29, 0.717) is 24.4 Å². The van der Waals surface area contributed by atoms with Crippen molar-refractivity contribution in [3.63, 3.8) is 0 Å². The van der Waals surface area contributed by atoms with Gasteiger partial charge in [0.1, 0.15) is 18.4 Å². The fourth-order valence-electron chi connectivity index (χ4n) is 6.74. The predicted molar refractivity (Wildman–Crippen MR) is 138 cm³/mol. The average molecular weight is 480 g/mol. The van der Waals surface area contributed by atoms with Crippen molar-refractivity contribution < 1.29 is 19.4 Å². The molecule has 0 aromatic heterocycles. The van der Waals surface area contributed by atoms with E-state index in [1.165, 1.54) is 23.8 Å². The lowest BCUT2D eigenvalue weighted by molar-refractivity contribution is -0.146. The Hall–Kier alpha value is -2.37. The third-order valence-electron chi connectivity index (χ3n) is 8.72. The second kappa shape index (κ2) is 11.1. The number of hydrogen-bond donors (Lipinski definition) is 1. The molecule has 1 N–H and O–H groups in total. The normalized spacial score (nSPS) is 26.5. The number of methoxy groups -OCH3 is 1. The highest BCUT2D eigenvalue weighted by molar-refractivity contribution is 5.75. The van der Waals surface area contributed by atoms with Crippen molar-refractivity contribution in [2.75, 3.05) is 27.3 Å². The van der Waals surface area contributed by atoms with E-state index in [2.05, 4.69) is 42.2 Å². The fourth-order valence-corrected chi connectivity index (χ4v) is 6.74. The first-order valence-corrected chi connectivity index (χ1v) is 13.0. The number of aryl methyl sites for hydroxylation is 1. The van der Waals surface area contributed by atoms with E-state index in [1.54, 1.807) is 0 Å². The van der Waals surface area contributed by atoms with Crippen LogP contribution in [-0.2, 0) is 22.6 Å². The van der Waals surface area contributed by atoms with Crippen LogP contribution in [0.1, 0.15) is 62.1 Å². The average Bonchev–Trinajstić information content (AvgIpc) is 2.88. The van der Waals surface area contributed by atoms with Crippen LogP contribution in [0.4, 0.5) is 0 Å². The van der Waals surface area contributed by atoms with Crippen LogP contribution < -0.4 is 4.74 Å². The Morgan fingerprint density at radius 1 is 1.20 bits per heavy atom. The van der Waals surface area contributed by atoms with Gasteiger partial charge in [-0.1, -0.05) is 43.3 Å². The fraction of sp³-hybridized carbons (Fsp3) is 0.567. The van der Waals surface area contributed by atoms with Gasteiger partial charge in [-0.15, -0.1) is 0 Å². The Kier molecular flexibility index (Phi) is 8.18. The minimum atomic E-state index is -0.272. The first-order valence-electron chi connectivity index (χ1n) is 13.0. The molecule has 35 heavy (non-hydrogen) atoms. The van der Waals surface area contributed by atoms with Gasteiger partial charge in [0, 0.05) is 13.2 Å². The van der Waals surface area contributed by atoms with Gasteiger partial charge in [-0.25, -0.2) is 0 Å². The van der Waals surface area contributed by atoms with E-state index in [4.69, 9.17) is 9.47 Å². The summed E-state index contributed by atoms with van der Waals surface area (Å²) in [6, 6.07) is 16.7. The largest absolute Gasteiger partial charge is 0.489 e. The molecule has 0 aliphatic heterocycles. The van der Waals surface area contributed by atoms with Crippen LogP contribution in [0.2, 0.25) is 0 Å². The number of esters is 1. The van der Waals surface area contributed by atoms with Crippen LogP contribution in [0.15, 0.2) is 48.5 Å². The summed E-state index contributed by atoms with van der Waals surface area (Å²) in [5, 5.41) is 9.99. The summed E-state index contributed by atoms with van der Waals surface area (Å²) in [4.78, 5) is 14.2. The number of ether oxygens (including phenoxy) is 2. The third-order valence-corrected chi connectivity index (χ3v) is 8.72. The summed E-state index contributed by atoms with van der Waals surface area (Å²) in [6.07, 6.45) is 5.22. The summed E-state index contributed by atoms with van der Waals surface area (Å²) in [5.74, 6) is 2.24. The smallest absolute Gasteiger partial charge is 0.322 e. The first-order chi connectivity index (χ1) is 16.9. The van der Waals surface area contributed by atoms with Crippen molar-refractivity contribution in [3.05, 3.63) is 65.2 Å². The molecule has 0 saturated heterocycles. The maximum Gasteiger partial charge on any atom is 0.322 e. The SMILES string of the molecule is COC(=O)[C@H](C)N(C)C[C@@]1(C)CC[C@@H]2c3ccc(OCc4ccccc4)cc3CC[C@H]2[C@@H]1CCO. The van der Waals surface area contributed by atoms with E-state index < -0.39 is 0 Å². The van der Waals surface area contributed by atoms with Gasteiger partial charge in [0.25, 0.3) is 0 Å². The number of carbonyl (C=O) groups excluding carboxylic acids is 1. The zero-order valence-corrected chi connectivity index (χ0v) is 21.7. The Morgan fingerprint density at radius 3 is 2.69 bits per heavy atom. The standard InChI is InChI=1S/C30H41NO4/c1-21(29(33)34-4)31(3)20-30(2)16-14-26-25-13-11-24(35-19-22-8-6-5-7-9-22)18-23(25)10-12-27(26)28(30)15-17-32/h5-9,11,13,18,21,26-28,32H,10,12,14-17,19-20H2,1-4H3/t21-,26+,27+,28-,30+/m0/s1. The molecule has 4 rings (SSSR count). The van der Waals surface area contributed by atoms with Gasteiger partial charge < -0.3 is 14.6 Å². The number of nitrogens with zero attached hydrogens (tertiary/aromatic N) is 1. The van der Waals surface area contributed by atoms with Crippen LogP contribution >= 0.6 is 0 Å². The number of hydrogen-bond acceptors (Lipinski definition) is 5. The molecule has 5 nitrogen and oxygen atoms in total. The van der Waals surface area contributed by atoms with E-state index in [1.807, 2.05) is 32.2 Å². The highest BCUT2D eigenvalue weighted by atomic mass is 16.5. The summed E-state index contributed by atoms with van der Waals surface area (Å²) in [5.41, 5.74) is 4.11. The molecular weight excluding hydrogens is 438 g/mol. The van der Waals surface area contributed by atoms with Gasteiger partial charge in [-0.3, -0.25) is 9.69 Å². The summed E-state index contributed by atoms with van der Waals surface area (Å²) in [7, 11) is 3.47. The van der Waals surface area contributed by atoms with E-state index in [0.717, 1.165) is 44.4 Å².